The molecule has 10 rings (SSSR count). The normalized spacial score (nSPS) is 11.3. The lowest BCUT2D eigenvalue weighted by molar-refractivity contribution is 1.07. The van der Waals surface area contributed by atoms with Crippen LogP contribution in [0.15, 0.2) is 188 Å². The maximum absolute atomic E-state index is 5.30. The highest BCUT2D eigenvalue weighted by atomic mass is 32.1. The van der Waals surface area contributed by atoms with Crippen LogP contribution in [0.1, 0.15) is 0 Å². The number of benzene rings is 7. The fourth-order valence-electron chi connectivity index (χ4n) is 6.94. The molecular weight excluding hydrogens is 691 g/mol. The topological polar surface area (TPSA) is 64.5 Å². The molecule has 0 aliphatic rings. The van der Waals surface area contributed by atoms with Crippen molar-refractivity contribution in [3.8, 4) is 79.1 Å². The van der Waals surface area contributed by atoms with Crippen LogP contribution in [0.25, 0.3) is 99.4 Å². The minimum absolute atomic E-state index is 0.608. The number of hydrogen-bond donors (Lipinski definition) is 0. The van der Waals surface area contributed by atoms with Gasteiger partial charge < -0.3 is 0 Å². The van der Waals surface area contributed by atoms with Crippen LogP contribution in [0.5, 0.6) is 0 Å². The molecule has 7 aromatic carbocycles. The maximum Gasteiger partial charge on any atom is 0.164 e. The van der Waals surface area contributed by atoms with E-state index in [2.05, 4.69) is 115 Å². The third kappa shape index (κ3) is 6.35. The predicted molar refractivity (Wildman–Crippen MR) is 226 cm³/mol. The molecule has 3 heterocycles. The van der Waals surface area contributed by atoms with Gasteiger partial charge in [0.15, 0.2) is 23.3 Å². The number of rotatable bonds is 7. The lowest BCUT2D eigenvalue weighted by Gasteiger charge is -2.09. The monoisotopic (exact) mass is 721 g/mol. The van der Waals surface area contributed by atoms with Crippen LogP contribution in [-0.2, 0) is 0 Å². The Kier molecular flexibility index (Phi) is 8.28. The summed E-state index contributed by atoms with van der Waals surface area (Å²) in [5, 5.41) is 1.03. The van der Waals surface area contributed by atoms with Gasteiger partial charge in [0.2, 0.25) is 0 Å². The number of thiophene rings is 1. The van der Waals surface area contributed by atoms with Crippen LogP contribution in [0.3, 0.4) is 0 Å². The Bertz CT molecular complexity index is 2870. The second kappa shape index (κ2) is 14.0. The molecule has 0 aliphatic carbocycles. The number of aromatic nitrogens is 5. The van der Waals surface area contributed by atoms with Crippen LogP contribution in [0.4, 0.5) is 0 Å². The van der Waals surface area contributed by atoms with Crippen molar-refractivity contribution in [1.29, 1.82) is 0 Å². The molecule has 0 saturated heterocycles. The Balaban J connectivity index is 1.14. The van der Waals surface area contributed by atoms with Gasteiger partial charge in [-0.2, -0.15) is 0 Å². The van der Waals surface area contributed by atoms with Crippen LogP contribution in [0.2, 0.25) is 0 Å². The van der Waals surface area contributed by atoms with Crippen molar-refractivity contribution in [2.45, 2.75) is 0 Å². The van der Waals surface area contributed by atoms with E-state index >= 15 is 0 Å². The highest BCUT2D eigenvalue weighted by molar-refractivity contribution is 7.26. The molecule has 10 aromatic rings. The molecule has 0 spiro atoms. The summed E-state index contributed by atoms with van der Waals surface area (Å²) < 4.78 is 2.15. The second-order valence-corrected chi connectivity index (χ2v) is 14.4. The van der Waals surface area contributed by atoms with Crippen molar-refractivity contribution in [1.82, 2.24) is 24.9 Å². The quantitative estimate of drug-likeness (QED) is 0.164. The third-order valence-electron chi connectivity index (χ3n) is 9.79. The smallest absolute Gasteiger partial charge is 0.164 e. The molecule has 0 bridgehead atoms. The molecule has 55 heavy (non-hydrogen) atoms. The van der Waals surface area contributed by atoms with Gasteiger partial charge in [-0.3, -0.25) is 0 Å². The van der Waals surface area contributed by atoms with Gasteiger partial charge in [0.05, 0.1) is 15.9 Å². The average molecular weight is 722 g/mol. The van der Waals surface area contributed by atoms with Crippen LogP contribution >= 0.6 is 11.3 Å². The predicted octanol–water partition coefficient (Wildman–Crippen LogP) is 12.7. The minimum Gasteiger partial charge on any atom is -0.226 e. The van der Waals surface area contributed by atoms with Crippen molar-refractivity contribution >= 4 is 31.6 Å². The first-order valence-electron chi connectivity index (χ1n) is 18.2. The maximum atomic E-state index is 5.30. The van der Waals surface area contributed by atoms with E-state index in [0.717, 1.165) is 64.9 Å². The summed E-state index contributed by atoms with van der Waals surface area (Å²) in [7, 11) is 0. The molecule has 0 fully saturated rings. The van der Waals surface area contributed by atoms with Crippen molar-refractivity contribution in [2.75, 3.05) is 0 Å². The molecule has 0 amide bonds. The van der Waals surface area contributed by atoms with E-state index in [0.29, 0.717) is 23.3 Å². The van der Waals surface area contributed by atoms with Gasteiger partial charge in [-0.25, -0.2) is 24.9 Å². The van der Waals surface area contributed by atoms with Crippen molar-refractivity contribution in [3.63, 3.8) is 0 Å². The fourth-order valence-corrected chi connectivity index (χ4v) is 8.07. The summed E-state index contributed by atoms with van der Waals surface area (Å²) in [6, 6.07) is 64.6. The average Bonchev–Trinajstić information content (AvgIpc) is 3.65. The van der Waals surface area contributed by atoms with Gasteiger partial charge >= 0.3 is 0 Å². The van der Waals surface area contributed by atoms with Crippen LogP contribution in [0, 0.1) is 0 Å². The van der Waals surface area contributed by atoms with E-state index in [-0.39, 0.29) is 0 Å². The first kappa shape index (κ1) is 32.5. The summed E-state index contributed by atoms with van der Waals surface area (Å²) >= 11 is 1.71. The largest absolute Gasteiger partial charge is 0.226 e. The number of hydrogen-bond acceptors (Lipinski definition) is 6. The van der Waals surface area contributed by atoms with Crippen LogP contribution < -0.4 is 0 Å². The van der Waals surface area contributed by atoms with Gasteiger partial charge in [-0.05, 0) is 40.5 Å². The van der Waals surface area contributed by atoms with Gasteiger partial charge in [0.1, 0.15) is 0 Å². The summed E-state index contributed by atoms with van der Waals surface area (Å²) in [6.07, 6.45) is 0. The molecule has 3 aromatic heterocycles. The standard InChI is InChI=1S/C49H31N5S/c1-5-13-32(14-6-1)34-21-25-36(26-22-34)43-45-44(51-46(50-43)39-27-23-35(24-28-39)33-15-7-2-8-16-33)41-31-40(29-30-42(41)55-45)49-53-47(37-17-9-3-10-18-37)52-48(54-49)38-19-11-4-12-20-38/h1-31H. The Labute approximate surface area is 322 Å². The molecule has 6 heteroatoms. The Morgan fingerprint density at radius 1 is 0.291 bits per heavy atom. The van der Waals surface area contributed by atoms with Gasteiger partial charge in [-0.1, -0.05) is 170 Å². The molecule has 5 nitrogen and oxygen atoms in total. The first-order valence-corrected chi connectivity index (χ1v) is 19.0. The van der Waals surface area contributed by atoms with Gasteiger partial charge in [0, 0.05) is 37.9 Å². The molecule has 0 saturated carbocycles. The Hall–Kier alpha value is -7.15. The van der Waals surface area contributed by atoms with E-state index in [1.165, 1.54) is 11.1 Å². The minimum atomic E-state index is 0.608. The zero-order valence-electron chi connectivity index (χ0n) is 29.5. The summed E-state index contributed by atoms with van der Waals surface area (Å²) in [5.74, 6) is 2.54. The summed E-state index contributed by atoms with van der Waals surface area (Å²) in [6.45, 7) is 0. The summed E-state index contributed by atoms with van der Waals surface area (Å²) in [4.78, 5) is 25.5. The molecule has 0 N–H and O–H groups in total. The molecule has 258 valence electrons. The SMILES string of the molecule is c1ccc(-c2ccc(-c3nc(-c4ccc(-c5ccccc5)cc4)c4sc5ccc(-c6nc(-c7ccccc7)nc(-c7ccccc7)n6)cc5c4n3)cc2)cc1. The molecular formula is C49H31N5S. The Morgan fingerprint density at radius 2 is 0.655 bits per heavy atom. The molecule has 0 radical (unpaired) electrons. The van der Waals surface area contributed by atoms with E-state index in [1.54, 1.807) is 11.3 Å². The van der Waals surface area contributed by atoms with E-state index in [4.69, 9.17) is 24.9 Å². The molecule has 0 atom stereocenters. The number of fused-ring (bicyclic) bond motifs is 3. The van der Waals surface area contributed by atoms with E-state index in [9.17, 15) is 0 Å². The highest BCUT2D eigenvalue weighted by Gasteiger charge is 2.19. The zero-order chi connectivity index (χ0) is 36.6. The third-order valence-corrected chi connectivity index (χ3v) is 11.0. The first-order chi connectivity index (χ1) is 27.2. The second-order valence-electron chi connectivity index (χ2n) is 13.3. The van der Waals surface area contributed by atoms with Gasteiger partial charge in [0.25, 0.3) is 0 Å². The van der Waals surface area contributed by atoms with E-state index in [1.807, 2.05) is 72.8 Å². The van der Waals surface area contributed by atoms with E-state index < -0.39 is 0 Å². The van der Waals surface area contributed by atoms with Gasteiger partial charge in [-0.15, -0.1) is 11.3 Å². The zero-order valence-corrected chi connectivity index (χ0v) is 30.4. The number of nitrogens with zero attached hydrogens (tertiary/aromatic N) is 5. The van der Waals surface area contributed by atoms with Crippen molar-refractivity contribution < 1.29 is 0 Å². The highest BCUT2D eigenvalue weighted by Crippen LogP contribution is 2.41. The fraction of sp³-hybridized carbons (Fsp3) is 0. The molecule has 0 aliphatic heterocycles. The van der Waals surface area contributed by atoms with Crippen molar-refractivity contribution in [2.24, 2.45) is 0 Å². The van der Waals surface area contributed by atoms with Crippen LogP contribution in [-0.4, -0.2) is 24.9 Å². The summed E-state index contributed by atoms with van der Waals surface area (Å²) in [5.41, 5.74) is 11.2. The Morgan fingerprint density at radius 3 is 1.16 bits per heavy atom. The lowest BCUT2D eigenvalue weighted by Crippen LogP contribution is -2.00. The molecule has 0 unspecified atom stereocenters. The lowest BCUT2D eigenvalue weighted by atomic mass is 10.0. The van der Waals surface area contributed by atoms with Crippen molar-refractivity contribution in [3.05, 3.63) is 188 Å².